The van der Waals surface area contributed by atoms with Crippen molar-refractivity contribution in [1.29, 1.82) is 0 Å². The summed E-state index contributed by atoms with van der Waals surface area (Å²) < 4.78 is 26.8. The summed E-state index contributed by atoms with van der Waals surface area (Å²) in [7, 11) is -3.39. The van der Waals surface area contributed by atoms with Crippen molar-refractivity contribution >= 4 is 15.7 Å². The molecule has 1 saturated heterocycles. The molecule has 0 aliphatic carbocycles. The van der Waals surface area contributed by atoms with E-state index in [2.05, 4.69) is 6.92 Å². The minimum Gasteiger partial charge on any atom is -0.398 e. The van der Waals surface area contributed by atoms with E-state index in [9.17, 15) is 8.42 Å². The number of nitrogens with zero attached hydrogens (tertiary/aromatic N) is 1. The average Bonchev–Trinajstić information content (AvgIpc) is 2.43. The van der Waals surface area contributed by atoms with E-state index in [1.165, 1.54) is 12.8 Å². The molecule has 1 aliphatic rings. The fourth-order valence-electron chi connectivity index (χ4n) is 2.77. The molecule has 1 aromatic carbocycles. The molecule has 1 aromatic rings. The number of anilines is 1. The summed E-state index contributed by atoms with van der Waals surface area (Å²) in [5.41, 5.74) is 7.27. The van der Waals surface area contributed by atoms with Crippen LogP contribution in [0.3, 0.4) is 0 Å². The fraction of sp³-hybridized carbons (Fsp3) is 0.600. The number of hydrogen-bond acceptors (Lipinski definition) is 3. The Hall–Kier alpha value is -1.07. The Morgan fingerprint density at radius 3 is 2.50 bits per heavy atom. The van der Waals surface area contributed by atoms with E-state index in [4.69, 9.17) is 5.73 Å². The van der Waals surface area contributed by atoms with Gasteiger partial charge in [0.1, 0.15) is 0 Å². The van der Waals surface area contributed by atoms with Gasteiger partial charge < -0.3 is 5.73 Å². The highest BCUT2D eigenvalue weighted by atomic mass is 32.2. The van der Waals surface area contributed by atoms with Gasteiger partial charge in [-0.25, -0.2) is 8.42 Å². The van der Waals surface area contributed by atoms with E-state index in [1.54, 1.807) is 22.5 Å². The Bertz CT molecular complexity index is 561. The van der Waals surface area contributed by atoms with E-state index in [-0.39, 0.29) is 0 Å². The maximum absolute atomic E-state index is 12.6. The van der Waals surface area contributed by atoms with Crippen LogP contribution in [0.4, 0.5) is 5.69 Å². The largest absolute Gasteiger partial charge is 0.398 e. The van der Waals surface area contributed by atoms with Crippen LogP contribution in [0, 0.1) is 12.8 Å². The SMILES string of the molecule is CCCC1CCN(S(=O)(=O)c2ccc(C)c(N)c2)CC1. The van der Waals surface area contributed by atoms with Gasteiger partial charge in [0.2, 0.25) is 10.0 Å². The number of rotatable bonds is 4. The van der Waals surface area contributed by atoms with Gasteiger partial charge in [-0.1, -0.05) is 25.8 Å². The van der Waals surface area contributed by atoms with Gasteiger partial charge in [-0.15, -0.1) is 0 Å². The predicted octanol–water partition coefficient (Wildman–Crippen LogP) is 2.78. The molecule has 2 N–H and O–H groups in total. The van der Waals surface area contributed by atoms with Crippen LogP contribution >= 0.6 is 0 Å². The minimum atomic E-state index is -3.39. The number of sulfonamides is 1. The van der Waals surface area contributed by atoms with Crippen molar-refractivity contribution in [3.8, 4) is 0 Å². The monoisotopic (exact) mass is 296 g/mol. The summed E-state index contributed by atoms with van der Waals surface area (Å²) in [6.45, 7) is 5.31. The van der Waals surface area contributed by atoms with E-state index in [1.807, 2.05) is 6.92 Å². The zero-order valence-corrected chi connectivity index (χ0v) is 13.1. The average molecular weight is 296 g/mol. The summed E-state index contributed by atoms with van der Waals surface area (Å²) in [4.78, 5) is 0.314. The molecule has 0 radical (unpaired) electrons. The predicted molar refractivity (Wildman–Crippen MR) is 82.0 cm³/mol. The topological polar surface area (TPSA) is 63.4 Å². The van der Waals surface area contributed by atoms with E-state index >= 15 is 0 Å². The van der Waals surface area contributed by atoms with Crippen molar-refractivity contribution in [2.45, 2.75) is 44.4 Å². The lowest BCUT2D eigenvalue weighted by atomic mass is 9.94. The van der Waals surface area contributed by atoms with Gasteiger partial charge in [0.05, 0.1) is 4.90 Å². The Morgan fingerprint density at radius 1 is 1.30 bits per heavy atom. The molecule has 4 nitrogen and oxygen atoms in total. The Balaban J connectivity index is 2.13. The second kappa shape index (κ2) is 6.14. The third-order valence-corrected chi connectivity index (χ3v) is 6.05. The standard InChI is InChI=1S/C15H24N2O2S/c1-3-4-13-7-9-17(10-8-13)20(18,19)14-6-5-12(2)15(16)11-14/h5-6,11,13H,3-4,7-10,16H2,1-2H3. The number of benzene rings is 1. The first-order valence-corrected chi connectivity index (χ1v) is 8.75. The molecule has 5 heteroatoms. The number of piperidine rings is 1. The Morgan fingerprint density at radius 2 is 1.95 bits per heavy atom. The molecule has 1 aliphatic heterocycles. The van der Waals surface area contributed by atoms with Crippen molar-refractivity contribution in [2.24, 2.45) is 5.92 Å². The summed E-state index contributed by atoms with van der Waals surface area (Å²) >= 11 is 0. The minimum absolute atomic E-state index is 0.314. The lowest BCUT2D eigenvalue weighted by Crippen LogP contribution is -2.38. The van der Waals surface area contributed by atoms with Gasteiger partial charge in [-0.2, -0.15) is 4.31 Å². The van der Waals surface area contributed by atoms with Crippen molar-refractivity contribution in [3.63, 3.8) is 0 Å². The zero-order chi connectivity index (χ0) is 14.8. The molecule has 0 spiro atoms. The van der Waals surface area contributed by atoms with Crippen LogP contribution in [-0.4, -0.2) is 25.8 Å². The number of nitrogens with two attached hydrogens (primary N) is 1. The van der Waals surface area contributed by atoms with Crippen molar-refractivity contribution in [2.75, 3.05) is 18.8 Å². The Kier molecular flexibility index (Phi) is 4.70. The van der Waals surface area contributed by atoms with Gasteiger partial charge in [-0.3, -0.25) is 0 Å². The molecule has 1 heterocycles. The normalized spacial score (nSPS) is 18.3. The second-order valence-electron chi connectivity index (χ2n) is 5.65. The maximum atomic E-state index is 12.6. The smallest absolute Gasteiger partial charge is 0.243 e. The van der Waals surface area contributed by atoms with Crippen molar-refractivity contribution in [1.82, 2.24) is 4.31 Å². The highest BCUT2D eigenvalue weighted by Crippen LogP contribution is 2.27. The molecule has 1 fully saturated rings. The van der Waals surface area contributed by atoms with Crippen molar-refractivity contribution < 1.29 is 8.42 Å². The molecular formula is C15H24N2O2S. The first-order chi connectivity index (χ1) is 9.45. The lowest BCUT2D eigenvalue weighted by Gasteiger charge is -2.31. The van der Waals surface area contributed by atoms with E-state index in [0.717, 1.165) is 18.4 Å². The van der Waals surface area contributed by atoms with Gasteiger partial charge in [-0.05, 0) is 43.4 Å². The van der Waals surface area contributed by atoms with Gasteiger partial charge >= 0.3 is 0 Å². The summed E-state index contributed by atoms with van der Waals surface area (Å²) in [5.74, 6) is 0.675. The first kappa shape index (κ1) is 15.3. The van der Waals surface area contributed by atoms with Crippen LogP contribution < -0.4 is 5.73 Å². The third kappa shape index (κ3) is 3.15. The molecule has 0 atom stereocenters. The lowest BCUT2D eigenvalue weighted by molar-refractivity contribution is 0.262. The fourth-order valence-corrected chi connectivity index (χ4v) is 4.28. The summed E-state index contributed by atoms with van der Waals surface area (Å²) in [6.07, 6.45) is 4.31. The van der Waals surface area contributed by atoms with Crippen LogP contribution in [0.1, 0.15) is 38.2 Å². The molecule has 0 saturated carbocycles. The van der Waals surface area contributed by atoms with E-state index < -0.39 is 10.0 Å². The molecule has 0 bridgehead atoms. The van der Waals surface area contributed by atoms with E-state index in [0.29, 0.717) is 29.6 Å². The number of nitrogen functional groups attached to an aromatic ring is 1. The first-order valence-electron chi connectivity index (χ1n) is 7.31. The molecule has 0 amide bonds. The van der Waals surface area contributed by atoms with Crippen LogP contribution in [0.15, 0.2) is 23.1 Å². The molecule has 112 valence electrons. The summed E-state index contributed by atoms with van der Waals surface area (Å²) in [5, 5.41) is 0. The second-order valence-corrected chi connectivity index (χ2v) is 7.59. The number of aryl methyl sites for hydroxylation is 1. The zero-order valence-electron chi connectivity index (χ0n) is 12.3. The highest BCUT2D eigenvalue weighted by molar-refractivity contribution is 7.89. The molecule has 0 unspecified atom stereocenters. The molecule has 2 rings (SSSR count). The quantitative estimate of drug-likeness (QED) is 0.869. The number of hydrogen-bond donors (Lipinski definition) is 1. The van der Waals surface area contributed by atoms with Crippen LogP contribution in [0.5, 0.6) is 0 Å². The maximum Gasteiger partial charge on any atom is 0.243 e. The van der Waals surface area contributed by atoms with Gasteiger partial charge in [0.25, 0.3) is 0 Å². The molecular weight excluding hydrogens is 272 g/mol. The summed E-state index contributed by atoms with van der Waals surface area (Å²) in [6, 6.07) is 4.99. The molecule has 20 heavy (non-hydrogen) atoms. The van der Waals surface area contributed by atoms with Crippen LogP contribution in [0.2, 0.25) is 0 Å². The van der Waals surface area contributed by atoms with Gasteiger partial charge in [0, 0.05) is 18.8 Å². The van der Waals surface area contributed by atoms with Crippen molar-refractivity contribution in [3.05, 3.63) is 23.8 Å². The highest BCUT2D eigenvalue weighted by Gasteiger charge is 2.29. The molecule has 0 aromatic heterocycles. The Labute approximate surface area is 122 Å². The van der Waals surface area contributed by atoms with Crippen LogP contribution in [-0.2, 0) is 10.0 Å². The van der Waals surface area contributed by atoms with Crippen LogP contribution in [0.25, 0.3) is 0 Å². The third-order valence-electron chi connectivity index (χ3n) is 4.16. The van der Waals surface area contributed by atoms with Gasteiger partial charge in [0.15, 0.2) is 0 Å².